The van der Waals surface area contributed by atoms with Crippen LogP contribution in [-0.2, 0) is 14.8 Å². The Morgan fingerprint density at radius 2 is 1.89 bits per heavy atom. The zero-order chi connectivity index (χ0) is 20.7. The van der Waals surface area contributed by atoms with Crippen LogP contribution in [0.4, 0.5) is 10.1 Å². The summed E-state index contributed by atoms with van der Waals surface area (Å²) in [6.07, 6.45) is 0.348. The Hall–Kier alpha value is -2.65. The van der Waals surface area contributed by atoms with Gasteiger partial charge in [0.05, 0.1) is 12.8 Å². The number of methoxy groups -OCH3 is 1. The SMILES string of the molecule is COc1ccc(C)cc1S(=O)(=O)N(CC(=O)NCCCO)c1ccc(F)cc1. The minimum absolute atomic E-state index is 0.0949. The van der Waals surface area contributed by atoms with Crippen LogP contribution < -0.4 is 14.4 Å². The Kier molecular flexibility index (Phi) is 7.36. The normalized spacial score (nSPS) is 11.1. The molecule has 152 valence electrons. The number of nitrogens with one attached hydrogen (secondary N) is 1. The minimum Gasteiger partial charge on any atom is -0.495 e. The van der Waals surface area contributed by atoms with Gasteiger partial charge in [-0.15, -0.1) is 0 Å². The number of anilines is 1. The van der Waals surface area contributed by atoms with Crippen molar-refractivity contribution in [2.75, 3.05) is 31.1 Å². The van der Waals surface area contributed by atoms with E-state index < -0.39 is 28.3 Å². The maximum atomic E-state index is 13.3. The molecular weight excluding hydrogens is 387 g/mol. The second-order valence-electron chi connectivity index (χ2n) is 6.07. The lowest BCUT2D eigenvalue weighted by Crippen LogP contribution is -2.41. The van der Waals surface area contributed by atoms with Gasteiger partial charge in [0.15, 0.2) is 0 Å². The van der Waals surface area contributed by atoms with Crippen molar-refractivity contribution in [1.29, 1.82) is 0 Å². The number of aliphatic hydroxyl groups excluding tert-OH is 1. The van der Waals surface area contributed by atoms with Gasteiger partial charge in [0.1, 0.15) is 23.0 Å². The molecule has 0 bridgehead atoms. The lowest BCUT2D eigenvalue weighted by molar-refractivity contribution is -0.119. The van der Waals surface area contributed by atoms with Gasteiger partial charge in [-0.2, -0.15) is 0 Å². The minimum atomic E-state index is -4.18. The maximum absolute atomic E-state index is 13.3. The first kappa shape index (κ1) is 21.6. The van der Waals surface area contributed by atoms with E-state index in [9.17, 15) is 17.6 Å². The predicted octanol–water partition coefficient (Wildman–Crippen LogP) is 1.84. The van der Waals surface area contributed by atoms with E-state index in [0.29, 0.717) is 12.0 Å². The van der Waals surface area contributed by atoms with Gasteiger partial charge in [0.2, 0.25) is 5.91 Å². The third-order valence-corrected chi connectivity index (χ3v) is 5.74. The van der Waals surface area contributed by atoms with Crippen molar-refractivity contribution in [2.24, 2.45) is 0 Å². The van der Waals surface area contributed by atoms with Gasteiger partial charge in [0.25, 0.3) is 10.0 Å². The summed E-state index contributed by atoms with van der Waals surface area (Å²) in [5.41, 5.74) is 0.841. The van der Waals surface area contributed by atoms with Gasteiger partial charge < -0.3 is 15.2 Å². The Morgan fingerprint density at radius 3 is 2.50 bits per heavy atom. The first-order chi connectivity index (χ1) is 13.3. The lowest BCUT2D eigenvalue weighted by atomic mass is 10.2. The molecule has 2 rings (SSSR count). The van der Waals surface area contributed by atoms with Gasteiger partial charge in [0, 0.05) is 13.2 Å². The van der Waals surface area contributed by atoms with Crippen LogP contribution in [0.1, 0.15) is 12.0 Å². The summed E-state index contributed by atoms with van der Waals surface area (Å²) in [5, 5.41) is 11.4. The maximum Gasteiger partial charge on any atom is 0.268 e. The Balaban J connectivity index is 2.46. The number of hydrogen-bond donors (Lipinski definition) is 2. The summed E-state index contributed by atoms with van der Waals surface area (Å²) in [6, 6.07) is 9.51. The zero-order valence-corrected chi connectivity index (χ0v) is 16.5. The number of hydrogen-bond acceptors (Lipinski definition) is 5. The number of aliphatic hydroxyl groups is 1. The molecule has 2 N–H and O–H groups in total. The Bertz CT molecular complexity index is 916. The molecule has 0 saturated heterocycles. The van der Waals surface area contributed by atoms with E-state index >= 15 is 0 Å². The molecule has 9 heteroatoms. The molecule has 0 aliphatic heterocycles. The average molecular weight is 410 g/mol. The highest BCUT2D eigenvalue weighted by molar-refractivity contribution is 7.93. The van der Waals surface area contributed by atoms with E-state index in [1.165, 1.54) is 31.4 Å². The smallest absolute Gasteiger partial charge is 0.268 e. The molecule has 0 aliphatic carbocycles. The number of rotatable bonds is 9. The molecule has 0 heterocycles. The van der Waals surface area contributed by atoms with Crippen molar-refractivity contribution >= 4 is 21.6 Å². The molecule has 0 fully saturated rings. The molecular formula is C19H23FN2O5S. The highest BCUT2D eigenvalue weighted by Crippen LogP contribution is 2.30. The third-order valence-electron chi connectivity index (χ3n) is 3.95. The highest BCUT2D eigenvalue weighted by atomic mass is 32.2. The van der Waals surface area contributed by atoms with E-state index in [0.717, 1.165) is 16.4 Å². The Morgan fingerprint density at radius 1 is 1.21 bits per heavy atom. The summed E-state index contributed by atoms with van der Waals surface area (Å²) >= 11 is 0. The van der Waals surface area contributed by atoms with Crippen LogP contribution in [0.5, 0.6) is 5.75 Å². The number of ether oxygens (including phenoxy) is 1. The van der Waals surface area contributed by atoms with Crippen LogP contribution in [0, 0.1) is 12.7 Å². The number of sulfonamides is 1. The summed E-state index contributed by atoms with van der Waals surface area (Å²) < 4.78 is 46.1. The zero-order valence-electron chi connectivity index (χ0n) is 15.7. The van der Waals surface area contributed by atoms with Gasteiger partial charge >= 0.3 is 0 Å². The van der Waals surface area contributed by atoms with Crippen molar-refractivity contribution in [3.05, 3.63) is 53.8 Å². The van der Waals surface area contributed by atoms with Crippen LogP contribution in [0.2, 0.25) is 0 Å². The molecule has 28 heavy (non-hydrogen) atoms. The summed E-state index contributed by atoms with van der Waals surface area (Å²) in [7, 11) is -2.83. The number of aryl methyl sites for hydroxylation is 1. The molecule has 0 aliphatic rings. The van der Waals surface area contributed by atoms with E-state index in [4.69, 9.17) is 9.84 Å². The molecule has 7 nitrogen and oxygen atoms in total. The molecule has 1 amide bonds. The first-order valence-electron chi connectivity index (χ1n) is 8.60. The molecule has 2 aromatic rings. The number of carbonyl (C=O) groups excluding carboxylic acids is 1. The number of carbonyl (C=O) groups is 1. The molecule has 0 radical (unpaired) electrons. The summed E-state index contributed by atoms with van der Waals surface area (Å²) in [5.74, 6) is -0.937. The fourth-order valence-electron chi connectivity index (χ4n) is 2.52. The summed E-state index contributed by atoms with van der Waals surface area (Å²) in [6.45, 7) is 1.35. The van der Waals surface area contributed by atoms with Gasteiger partial charge in [-0.3, -0.25) is 9.10 Å². The van der Waals surface area contributed by atoms with Crippen LogP contribution in [0.15, 0.2) is 47.4 Å². The predicted molar refractivity (Wildman–Crippen MR) is 103 cm³/mol. The van der Waals surface area contributed by atoms with E-state index in [1.807, 2.05) is 0 Å². The quantitative estimate of drug-likeness (QED) is 0.615. The molecule has 0 saturated carbocycles. The number of halogens is 1. The van der Waals surface area contributed by atoms with Crippen molar-refractivity contribution in [1.82, 2.24) is 5.32 Å². The molecule has 0 spiro atoms. The monoisotopic (exact) mass is 410 g/mol. The molecule has 2 aromatic carbocycles. The number of nitrogens with zero attached hydrogens (tertiary/aromatic N) is 1. The van der Waals surface area contributed by atoms with Crippen molar-refractivity contribution in [3.63, 3.8) is 0 Å². The van der Waals surface area contributed by atoms with Crippen LogP contribution in [-0.4, -0.2) is 46.2 Å². The van der Waals surface area contributed by atoms with Gasteiger partial charge in [-0.25, -0.2) is 12.8 Å². The van der Waals surface area contributed by atoms with Crippen LogP contribution >= 0.6 is 0 Å². The number of amides is 1. The van der Waals surface area contributed by atoms with Crippen LogP contribution in [0.3, 0.4) is 0 Å². The fraction of sp³-hybridized carbons (Fsp3) is 0.316. The fourth-order valence-corrected chi connectivity index (χ4v) is 4.18. The summed E-state index contributed by atoms with van der Waals surface area (Å²) in [4.78, 5) is 12.2. The van der Waals surface area contributed by atoms with Crippen molar-refractivity contribution < 1.29 is 27.4 Å². The van der Waals surface area contributed by atoms with E-state index in [-0.39, 0.29) is 29.5 Å². The molecule has 0 aromatic heterocycles. The molecule has 0 unspecified atom stereocenters. The van der Waals surface area contributed by atoms with Gasteiger partial charge in [-0.05, 0) is 55.3 Å². The van der Waals surface area contributed by atoms with Gasteiger partial charge in [-0.1, -0.05) is 6.07 Å². The Labute approximate surface area is 163 Å². The number of benzene rings is 2. The topological polar surface area (TPSA) is 95.9 Å². The second kappa shape index (κ2) is 9.52. The van der Waals surface area contributed by atoms with Crippen molar-refractivity contribution in [2.45, 2.75) is 18.2 Å². The lowest BCUT2D eigenvalue weighted by Gasteiger charge is -2.25. The van der Waals surface area contributed by atoms with Crippen LogP contribution in [0.25, 0.3) is 0 Å². The standard InChI is InChI=1S/C19H23FN2O5S/c1-14-4-9-17(27-2)18(12-14)28(25,26)22(13-19(24)21-10-3-11-23)16-7-5-15(20)6-8-16/h4-9,12,23H,3,10-11,13H2,1-2H3,(H,21,24). The van der Waals surface area contributed by atoms with E-state index in [1.54, 1.807) is 13.0 Å². The van der Waals surface area contributed by atoms with E-state index in [2.05, 4.69) is 5.32 Å². The second-order valence-corrected chi connectivity index (χ2v) is 7.90. The van der Waals surface area contributed by atoms with Crippen molar-refractivity contribution in [3.8, 4) is 5.75 Å². The highest BCUT2D eigenvalue weighted by Gasteiger charge is 2.30. The average Bonchev–Trinajstić information content (AvgIpc) is 2.67. The largest absolute Gasteiger partial charge is 0.495 e. The first-order valence-corrected chi connectivity index (χ1v) is 10.0. The molecule has 0 atom stereocenters. The third kappa shape index (κ3) is 5.20.